The Morgan fingerprint density at radius 2 is 1.77 bits per heavy atom. The predicted octanol–water partition coefficient (Wildman–Crippen LogP) is 4.80. The average molecular weight is 768 g/mol. The summed E-state index contributed by atoms with van der Waals surface area (Å²) >= 11 is 0. The van der Waals surface area contributed by atoms with Gasteiger partial charge in [0.05, 0.1) is 36.6 Å². The molecule has 2 aromatic heterocycles. The molecule has 5 amide bonds. The van der Waals surface area contributed by atoms with Gasteiger partial charge in [0.25, 0.3) is 11.8 Å². The Bertz CT molecular complexity index is 2080. The van der Waals surface area contributed by atoms with Crippen molar-refractivity contribution in [3.63, 3.8) is 0 Å². The lowest BCUT2D eigenvalue weighted by molar-refractivity contribution is -0.136. The maximum atomic E-state index is 13.2. The maximum absolute atomic E-state index is 13.2. The van der Waals surface area contributed by atoms with E-state index in [-0.39, 0.29) is 48.4 Å². The number of aliphatic hydroxyl groups excluding tert-OH is 1. The molecular weight excluding hydrogens is 718 g/mol. The minimum Gasteiger partial charge on any atom is -0.493 e. The summed E-state index contributed by atoms with van der Waals surface area (Å²) in [5.74, 6) is -0.836. The number of aromatic nitrogens is 4. The van der Waals surface area contributed by atoms with E-state index < -0.39 is 29.7 Å². The van der Waals surface area contributed by atoms with Gasteiger partial charge in [0.15, 0.2) is 5.65 Å². The first-order valence-corrected chi connectivity index (χ1v) is 19.3. The van der Waals surface area contributed by atoms with E-state index in [2.05, 4.69) is 50.2 Å². The number of carbonyl (C=O) groups is 5. The number of nitrogens with one attached hydrogen (secondary N) is 4. The topological polar surface area (TPSA) is 209 Å². The number of amides is 5. The van der Waals surface area contributed by atoms with E-state index in [1.54, 1.807) is 22.8 Å². The zero-order valence-corrected chi connectivity index (χ0v) is 32.0. The first-order chi connectivity index (χ1) is 27.1. The number of hydrogen-bond acceptors (Lipinski definition) is 12. The Balaban J connectivity index is 0.903. The van der Waals surface area contributed by atoms with Crippen LogP contribution in [0.4, 0.5) is 17.6 Å². The van der Waals surface area contributed by atoms with Crippen LogP contribution in [0.25, 0.3) is 5.65 Å². The van der Waals surface area contributed by atoms with Crippen LogP contribution in [-0.4, -0.2) is 84.4 Å². The molecular formula is C40H49N9O7. The highest BCUT2D eigenvalue weighted by atomic mass is 16.5. The summed E-state index contributed by atoms with van der Waals surface area (Å²) in [5, 5.41) is 25.9. The van der Waals surface area contributed by atoms with Crippen molar-refractivity contribution in [3.8, 4) is 5.75 Å². The summed E-state index contributed by atoms with van der Waals surface area (Å²) in [7, 11) is 0. The molecule has 1 saturated heterocycles. The number of anilines is 3. The van der Waals surface area contributed by atoms with Crippen LogP contribution in [0.1, 0.15) is 116 Å². The number of unbranched alkanes of at least 4 members (excludes halogenated alkanes) is 4. The molecule has 2 aromatic carbocycles. The summed E-state index contributed by atoms with van der Waals surface area (Å²) in [6, 6.07) is 11.2. The van der Waals surface area contributed by atoms with Crippen LogP contribution in [0.15, 0.2) is 48.7 Å². The van der Waals surface area contributed by atoms with Crippen LogP contribution in [0.3, 0.4) is 0 Å². The number of hydrogen-bond donors (Lipinski definition) is 5. The Labute approximate surface area is 324 Å². The van der Waals surface area contributed by atoms with Crippen molar-refractivity contribution in [2.24, 2.45) is 0 Å². The fraction of sp³-hybridized carbons (Fsp3) is 0.450. The number of nitrogens with zero attached hydrogens (tertiary/aromatic N) is 5. The number of benzene rings is 2. The molecule has 5 N–H and O–H groups in total. The Hall–Kier alpha value is -5.90. The molecule has 56 heavy (non-hydrogen) atoms. The molecule has 6 rings (SSSR count). The monoisotopic (exact) mass is 767 g/mol. The molecule has 0 saturated carbocycles. The number of fused-ring (bicyclic) bond motifs is 2. The first-order valence-electron chi connectivity index (χ1n) is 19.3. The van der Waals surface area contributed by atoms with Crippen LogP contribution in [0, 0.1) is 0 Å². The van der Waals surface area contributed by atoms with Gasteiger partial charge in [-0.2, -0.15) is 19.6 Å². The first kappa shape index (κ1) is 39.8. The third-order valence-electron chi connectivity index (χ3n) is 9.99. The molecule has 4 aromatic rings. The molecule has 16 heteroatoms. The maximum Gasteiger partial charge on any atom is 0.266 e. The number of ether oxygens (including phenoxy) is 1. The van der Waals surface area contributed by atoms with Crippen molar-refractivity contribution in [1.29, 1.82) is 0 Å². The van der Waals surface area contributed by atoms with Crippen molar-refractivity contribution in [2.45, 2.75) is 103 Å². The quantitative estimate of drug-likeness (QED) is 0.0644. The van der Waals surface area contributed by atoms with Crippen molar-refractivity contribution >= 4 is 52.8 Å². The van der Waals surface area contributed by atoms with Crippen LogP contribution < -0.4 is 26.0 Å². The van der Waals surface area contributed by atoms with Crippen LogP contribution in [0.5, 0.6) is 5.75 Å². The molecule has 2 atom stereocenters. The molecule has 4 heterocycles. The standard InChI is InChI=1S/C40H49N9O7/c1-4-26(23-50)44-39-46-35-29(24(2)3)22-42-49(35)40(47-39)41-21-25-14-16-27(17-15-25)43-32(51)13-8-6-5-7-9-20-56-31-12-10-11-28-34(31)38(55)48(37(28)54)30-18-19-33(52)45-36(30)53/h10-12,14-17,22,24,26,30,50H,4-9,13,18-21,23H2,1-3H3,(H,43,51)(H,45,52,53)(H2,41,44,46,47)/t26-,30?/m0/s1. The molecule has 16 nitrogen and oxygen atoms in total. The van der Waals surface area contributed by atoms with Gasteiger partial charge in [0.1, 0.15) is 11.8 Å². The Morgan fingerprint density at radius 3 is 2.50 bits per heavy atom. The highest BCUT2D eigenvalue weighted by Crippen LogP contribution is 2.34. The SMILES string of the molecule is CC[C@@H](CO)Nc1nc(NCc2ccc(NC(=O)CCCCCCCOc3cccc4c3C(=O)N(C3CCC(=O)NC3=O)C4=O)cc2)n2ncc(C(C)C)c2n1. The second-order valence-electron chi connectivity index (χ2n) is 14.4. The third-order valence-corrected chi connectivity index (χ3v) is 9.99. The molecule has 0 radical (unpaired) electrons. The summed E-state index contributed by atoms with van der Waals surface area (Å²) in [5.41, 5.74) is 3.72. The molecule has 0 spiro atoms. The number of rotatable bonds is 19. The molecule has 1 unspecified atom stereocenters. The lowest BCUT2D eigenvalue weighted by Crippen LogP contribution is -2.54. The molecule has 2 aliphatic heterocycles. The molecule has 1 fully saturated rings. The minimum atomic E-state index is -1.03. The number of aliphatic hydroxyl groups is 1. The largest absolute Gasteiger partial charge is 0.493 e. The second-order valence-corrected chi connectivity index (χ2v) is 14.4. The third kappa shape index (κ3) is 9.13. The van der Waals surface area contributed by atoms with Gasteiger partial charge < -0.3 is 25.8 Å². The van der Waals surface area contributed by atoms with Crippen molar-refractivity contribution < 1.29 is 33.8 Å². The second kappa shape index (κ2) is 18.2. The number of piperidine rings is 1. The van der Waals surface area contributed by atoms with Gasteiger partial charge in [-0.25, -0.2) is 0 Å². The van der Waals surface area contributed by atoms with E-state index in [1.165, 1.54) is 6.07 Å². The van der Waals surface area contributed by atoms with Gasteiger partial charge in [-0.15, -0.1) is 0 Å². The van der Waals surface area contributed by atoms with Crippen molar-refractivity contribution in [1.82, 2.24) is 29.8 Å². The summed E-state index contributed by atoms with van der Waals surface area (Å²) < 4.78 is 7.60. The van der Waals surface area contributed by atoms with Gasteiger partial charge in [0.2, 0.25) is 29.6 Å². The van der Waals surface area contributed by atoms with Crippen molar-refractivity contribution in [2.75, 3.05) is 29.2 Å². The fourth-order valence-electron chi connectivity index (χ4n) is 6.75. The van der Waals surface area contributed by atoms with E-state index in [0.717, 1.165) is 54.6 Å². The average Bonchev–Trinajstić information content (AvgIpc) is 3.73. The molecule has 296 valence electrons. The smallest absolute Gasteiger partial charge is 0.266 e. The number of imide groups is 2. The lowest BCUT2D eigenvalue weighted by atomic mass is 10.0. The van der Waals surface area contributed by atoms with E-state index in [9.17, 15) is 29.1 Å². The van der Waals surface area contributed by atoms with E-state index in [4.69, 9.17) is 4.74 Å². The van der Waals surface area contributed by atoms with E-state index in [1.807, 2.05) is 31.2 Å². The van der Waals surface area contributed by atoms with Crippen LogP contribution in [0.2, 0.25) is 0 Å². The lowest BCUT2D eigenvalue weighted by Gasteiger charge is -2.27. The highest BCUT2D eigenvalue weighted by molar-refractivity contribution is 6.24. The summed E-state index contributed by atoms with van der Waals surface area (Å²) in [4.78, 5) is 73.1. The molecule has 0 aliphatic carbocycles. The van der Waals surface area contributed by atoms with E-state index in [0.29, 0.717) is 48.6 Å². The van der Waals surface area contributed by atoms with Crippen LogP contribution >= 0.6 is 0 Å². The summed E-state index contributed by atoms with van der Waals surface area (Å²) in [6.07, 6.45) is 7.16. The van der Waals surface area contributed by atoms with Gasteiger partial charge in [0, 0.05) is 30.6 Å². The predicted molar refractivity (Wildman–Crippen MR) is 208 cm³/mol. The zero-order chi connectivity index (χ0) is 39.8. The van der Waals surface area contributed by atoms with Gasteiger partial charge in [-0.3, -0.25) is 34.2 Å². The number of carbonyl (C=O) groups excluding carboxylic acids is 5. The summed E-state index contributed by atoms with van der Waals surface area (Å²) in [6.45, 7) is 6.93. The molecule has 2 aliphatic rings. The van der Waals surface area contributed by atoms with Crippen LogP contribution in [-0.2, 0) is 20.9 Å². The molecule has 0 bridgehead atoms. The fourth-order valence-corrected chi connectivity index (χ4v) is 6.75. The zero-order valence-electron chi connectivity index (χ0n) is 32.0. The minimum absolute atomic E-state index is 0.0310. The normalized spacial score (nSPS) is 15.9. The van der Waals surface area contributed by atoms with Gasteiger partial charge in [-0.05, 0) is 61.4 Å². The van der Waals surface area contributed by atoms with Gasteiger partial charge in [-0.1, -0.05) is 58.2 Å². The highest BCUT2D eigenvalue weighted by Gasteiger charge is 2.46. The Morgan fingerprint density at radius 1 is 1.00 bits per heavy atom. The van der Waals surface area contributed by atoms with E-state index >= 15 is 0 Å². The van der Waals surface area contributed by atoms with Crippen molar-refractivity contribution in [3.05, 3.63) is 70.9 Å². The Kier molecular flexibility index (Phi) is 12.9. The van der Waals surface area contributed by atoms with Gasteiger partial charge >= 0.3 is 0 Å².